The maximum absolute atomic E-state index is 13.3. The standard InChI is InChI=1S/C19H15F2N3O2/c1-24(15-6-2-4-13(20)10-15)19(25)23-18-9-8-17(12-22-18)26-16-7-3-5-14(21)11-16/h2-12H,1H3,(H,22,23,25). The number of halogens is 2. The van der Waals surface area contributed by atoms with Gasteiger partial charge in [-0.15, -0.1) is 0 Å². The van der Waals surface area contributed by atoms with E-state index in [9.17, 15) is 13.6 Å². The second-order valence-corrected chi connectivity index (χ2v) is 5.41. The fourth-order valence-electron chi connectivity index (χ4n) is 2.18. The molecule has 2 amide bonds. The number of pyridine rings is 1. The van der Waals surface area contributed by atoms with E-state index in [-0.39, 0.29) is 0 Å². The molecule has 0 aliphatic carbocycles. The van der Waals surface area contributed by atoms with Crippen LogP contribution in [0.1, 0.15) is 0 Å². The molecule has 1 N–H and O–H groups in total. The largest absolute Gasteiger partial charge is 0.456 e. The first-order valence-corrected chi connectivity index (χ1v) is 7.71. The zero-order valence-electron chi connectivity index (χ0n) is 13.8. The molecule has 7 heteroatoms. The number of hydrogen-bond acceptors (Lipinski definition) is 3. The van der Waals surface area contributed by atoms with Crippen LogP contribution in [0.25, 0.3) is 0 Å². The minimum atomic E-state index is -0.470. The first kappa shape index (κ1) is 17.3. The molecule has 0 radical (unpaired) electrons. The molecule has 0 fully saturated rings. The highest BCUT2D eigenvalue weighted by atomic mass is 19.1. The molecule has 3 rings (SSSR count). The summed E-state index contributed by atoms with van der Waals surface area (Å²) < 4.78 is 31.9. The van der Waals surface area contributed by atoms with Gasteiger partial charge in [0.25, 0.3) is 0 Å². The van der Waals surface area contributed by atoms with E-state index in [1.54, 1.807) is 24.3 Å². The summed E-state index contributed by atoms with van der Waals surface area (Å²) >= 11 is 0. The number of nitrogens with one attached hydrogen (secondary N) is 1. The van der Waals surface area contributed by atoms with E-state index in [1.165, 1.54) is 54.5 Å². The molecule has 0 spiro atoms. The van der Waals surface area contributed by atoms with Crippen molar-refractivity contribution < 1.29 is 18.3 Å². The number of hydrogen-bond donors (Lipinski definition) is 1. The number of benzene rings is 2. The molecule has 0 saturated heterocycles. The average Bonchev–Trinajstić information content (AvgIpc) is 2.63. The van der Waals surface area contributed by atoms with Gasteiger partial charge in [0.2, 0.25) is 0 Å². The Labute approximate surface area is 148 Å². The van der Waals surface area contributed by atoms with E-state index in [0.717, 1.165) is 0 Å². The van der Waals surface area contributed by atoms with Crippen molar-refractivity contribution >= 4 is 17.5 Å². The van der Waals surface area contributed by atoms with Crippen LogP contribution in [0.15, 0.2) is 66.9 Å². The summed E-state index contributed by atoms with van der Waals surface area (Å²) in [6, 6.07) is 14.1. The highest BCUT2D eigenvalue weighted by Gasteiger charge is 2.12. The Bertz CT molecular complexity index is 917. The molecule has 1 heterocycles. The van der Waals surface area contributed by atoms with Crippen molar-refractivity contribution in [2.45, 2.75) is 0 Å². The zero-order chi connectivity index (χ0) is 18.5. The number of amides is 2. The quantitative estimate of drug-likeness (QED) is 0.730. The summed E-state index contributed by atoms with van der Waals surface area (Å²) in [6.07, 6.45) is 1.41. The highest BCUT2D eigenvalue weighted by Crippen LogP contribution is 2.22. The zero-order valence-corrected chi connectivity index (χ0v) is 13.8. The molecule has 1 aromatic heterocycles. The Morgan fingerprint density at radius 3 is 2.38 bits per heavy atom. The lowest BCUT2D eigenvalue weighted by atomic mass is 10.3. The van der Waals surface area contributed by atoms with Crippen LogP contribution in [0.2, 0.25) is 0 Å². The summed E-state index contributed by atoms with van der Waals surface area (Å²) in [5.74, 6) is 0.199. The number of rotatable bonds is 4. The van der Waals surface area contributed by atoms with Gasteiger partial charge < -0.3 is 4.74 Å². The molecule has 2 aromatic carbocycles. The average molecular weight is 355 g/mol. The topological polar surface area (TPSA) is 54.5 Å². The monoisotopic (exact) mass is 355 g/mol. The lowest BCUT2D eigenvalue weighted by Gasteiger charge is -2.17. The van der Waals surface area contributed by atoms with Gasteiger partial charge in [0.15, 0.2) is 0 Å². The first-order chi connectivity index (χ1) is 12.5. The molecule has 0 saturated carbocycles. The third kappa shape index (κ3) is 4.32. The van der Waals surface area contributed by atoms with Crippen molar-refractivity contribution in [1.29, 1.82) is 0 Å². The van der Waals surface area contributed by atoms with E-state index in [4.69, 9.17) is 4.74 Å². The van der Waals surface area contributed by atoms with Crippen LogP contribution in [0.3, 0.4) is 0 Å². The van der Waals surface area contributed by atoms with Crippen LogP contribution in [0.5, 0.6) is 11.5 Å². The van der Waals surface area contributed by atoms with E-state index in [0.29, 0.717) is 23.0 Å². The number of urea groups is 1. The van der Waals surface area contributed by atoms with Gasteiger partial charge in [0.1, 0.15) is 29.0 Å². The van der Waals surface area contributed by atoms with Gasteiger partial charge >= 0.3 is 6.03 Å². The lowest BCUT2D eigenvalue weighted by molar-refractivity contribution is 0.258. The van der Waals surface area contributed by atoms with E-state index >= 15 is 0 Å². The van der Waals surface area contributed by atoms with Crippen LogP contribution in [0.4, 0.5) is 25.1 Å². The van der Waals surface area contributed by atoms with Gasteiger partial charge in [0, 0.05) is 18.8 Å². The number of carbonyl (C=O) groups excluding carboxylic acids is 1. The molecule has 0 atom stereocenters. The maximum atomic E-state index is 13.3. The van der Waals surface area contributed by atoms with Crippen LogP contribution in [-0.2, 0) is 0 Å². The molecule has 0 unspecified atom stereocenters. The minimum Gasteiger partial charge on any atom is -0.456 e. The summed E-state index contributed by atoms with van der Waals surface area (Å²) in [6.45, 7) is 0. The van der Waals surface area contributed by atoms with Gasteiger partial charge in [-0.3, -0.25) is 10.2 Å². The fourth-order valence-corrected chi connectivity index (χ4v) is 2.18. The predicted molar refractivity (Wildman–Crippen MR) is 94.5 cm³/mol. The third-order valence-electron chi connectivity index (χ3n) is 3.50. The van der Waals surface area contributed by atoms with Gasteiger partial charge in [-0.1, -0.05) is 12.1 Å². The number of anilines is 2. The molecule has 5 nitrogen and oxygen atoms in total. The fraction of sp³-hybridized carbons (Fsp3) is 0.0526. The third-order valence-corrected chi connectivity index (χ3v) is 3.50. The number of carbonyl (C=O) groups is 1. The maximum Gasteiger partial charge on any atom is 0.327 e. The molecular weight excluding hydrogens is 340 g/mol. The lowest BCUT2D eigenvalue weighted by Crippen LogP contribution is -2.31. The van der Waals surface area contributed by atoms with E-state index in [1.807, 2.05) is 0 Å². The predicted octanol–water partition coefficient (Wildman–Crippen LogP) is 4.82. The van der Waals surface area contributed by atoms with Gasteiger partial charge in [-0.2, -0.15) is 0 Å². The Balaban J connectivity index is 1.64. The van der Waals surface area contributed by atoms with E-state index < -0.39 is 17.7 Å². The summed E-state index contributed by atoms with van der Waals surface area (Å²) in [4.78, 5) is 17.6. The molecule has 26 heavy (non-hydrogen) atoms. The minimum absolute atomic E-state index is 0.296. The molecule has 0 aliphatic heterocycles. The van der Waals surface area contributed by atoms with E-state index in [2.05, 4.69) is 10.3 Å². The highest BCUT2D eigenvalue weighted by molar-refractivity contribution is 6.00. The normalized spacial score (nSPS) is 10.3. The van der Waals surface area contributed by atoms with Crippen molar-refractivity contribution in [2.24, 2.45) is 0 Å². The Morgan fingerprint density at radius 1 is 1.00 bits per heavy atom. The van der Waals surface area contributed by atoms with Crippen LogP contribution >= 0.6 is 0 Å². The second-order valence-electron chi connectivity index (χ2n) is 5.41. The summed E-state index contributed by atoms with van der Waals surface area (Å²) in [7, 11) is 1.52. The first-order valence-electron chi connectivity index (χ1n) is 7.71. The van der Waals surface area contributed by atoms with Crippen molar-refractivity contribution in [3.05, 3.63) is 78.5 Å². The second kappa shape index (κ2) is 7.60. The van der Waals surface area contributed by atoms with Crippen molar-refractivity contribution in [3.8, 4) is 11.5 Å². The van der Waals surface area contributed by atoms with Crippen LogP contribution in [-0.4, -0.2) is 18.1 Å². The molecule has 132 valence electrons. The number of aromatic nitrogens is 1. The van der Waals surface area contributed by atoms with Crippen molar-refractivity contribution in [2.75, 3.05) is 17.3 Å². The SMILES string of the molecule is CN(C(=O)Nc1ccc(Oc2cccc(F)c2)cn1)c1cccc(F)c1. The summed E-state index contributed by atoms with van der Waals surface area (Å²) in [5, 5.41) is 2.60. The van der Waals surface area contributed by atoms with Crippen molar-refractivity contribution in [3.63, 3.8) is 0 Å². The van der Waals surface area contributed by atoms with Gasteiger partial charge in [-0.25, -0.2) is 18.6 Å². The molecule has 0 aliphatic rings. The Hall–Kier alpha value is -3.48. The Kier molecular flexibility index (Phi) is 5.07. The molecular formula is C19H15F2N3O2. The molecule has 0 bridgehead atoms. The summed E-state index contributed by atoms with van der Waals surface area (Å²) in [5.41, 5.74) is 0.411. The Morgan fingerprint density at radius 2 is 1.73 bits per heavy atom. The number of ether oxygens (including phenoxy) is 1. The van der Waals surface area contributed by atoms with Gasteiger partial charge in [-0.05, 0) is 42.5 Å². The number of nitrogens with zero attached hydrogens (tertiary/aromatic N) is 2. The van der Waals surface area contributed by atoms with Crippen LogP contribution in [0, 0.1) is 11.6 Å². The van der Waals surface area contributed by atoms with Crippen LogP contribution < -0.4 is 15.0 Å². The molecule has 3 aromatic rings. The van der Waals surface area contributed by atoms with Crippen molar-refractivity contribution in [1.82, 2.24) is 4.98 Å². The smallest absolute Gasteiger partial charge is 0.327 e. The van der Waals surface area contributed by atoms with Gasteiger partial charge in [0.05, 0.1) is 6.20 Å².